The minimum Gasteiger partial charge on any atom is -0.461 e. The van der Waals surface area contributed by atoms with Crippen molar-refractivity contribution in [1.82, 2.24) is 0 Å². The summed E-state index contributed by atoms with van der Waals surface area (Å²) < 4.78 is 6.00. The normalized spacial score (nSPS) is 36.2. The Labute approximate surface area is 156 Å². The Morgan fingerprint density at radius 3 is 2.62 bits per heavy atom. The van der Waals surface area contributed by atoms with Crippen LogP contribution in [0.3, 0.4) is 0 Å². The van der Waals surface area contributed by atoms with Crippen molar-refractivity contribution >= 4 is 11.8 Å². The molecule has 1 fully saturated rings. The highest BCUT2D eigenvalue weighted by Crippen LogP contribution is 2.58. The first kappa shape index (κ1) is 17.8. The molecule has 140 valence electrons. The van der Waals surface area contributed by atoms with Crippen molar-refractivity contribution in [3.63, 3.8) is 0 Å². The van der Waals surface area contributed by atoms with Crippen LogP contribution < -0.4 is 0 Å². The van der Waals surface area contributed by atoms with E-state index in [4.69, 9.17) is 4.74 Å². The Balaban J connectivity index is 1.66. The Morgan fingerprint density at radius 2 is 1.88 bits per heavy atom. The van der Waals surface area contributed by atoms with Crippen molar-refractivity contribution in [1.29, 1.82) is 0 Å². The van der Waals surface area contributed by atoms with E-state index in [0.29, 0.717) is 18.3 Å². The minimum absolute atomic E-state index is 0.00375. The quantitative estimate of drug-likeness (QED) is 0.627. The summed E-state index contributed by atoms with van der Waals surface area (Å²) in [5.74, 6) is 1.22. The van der Waals surface area contributed by atoms with Gasteiger partial charge in [0.1, 0.15) is 6.10 Å². The van der Waals surface area contributed by atoms with Crippen LogP contribution in [-0.4, -0.2) is 17.9 Å². The van der Waals surface area contributed by atoms with E-state index in [2.05, 4.69) is 19.1 Å². The van der Waals surface area contributed by atoms with Crippen LogP contribution in [0.15, 0.2) is 34.9 Å². The molecule has 0 bridgehead atoms. The fourth-order valence-corrected chi connectivity index (χ4v) is 5.45. The van der Waals surface area contributed by atoms with Crippen LogP contribution in [0.25, 0.3) is 0 Å². The van der Waals surface area contributed by atoms with Crippen molar-refractivity contribution in [2.24, 2.45) is 22.7 Å². The molecule has 1 saturated carbocycles. The zero-order valence-corrected chi connectivity index (χ0v) is 16.4. The smallest absolute Gasteiger partial charge is 0.311 e. The van der Waals surface area contributed by atoms with Crippen molar-refractivity contribution in [3.05, 3.63) is 34.9 Å². The molecule has 0 N–H and O–H groups in total. The van der Waals surface area contributed by atoms with Gasteiger partial charge in [-0.15, -0.1) is 0 Å². The highest BCUT2D eigenvalue weighted by Gasteiger charge is 2.51. The Hall–Kier alpha value is -1.64. The molecule has 3 heteroatoms. The molecule has 4 aliphatic rings. The molecule has 0 spiro atoms. The fourth-order valence-electron chi connectivity index (χ4n) is 5.45. The zero-order chi connectivity index (χ0) is 18.7. The van der Waals surface area contributed by atoms with Crippen molar-refractivity contribution in [3.8, 4) is 0 Å². The van der Waals surface area contributed by atoms with Gasteiger partial charge >= 0.3 is 5.97 Å². The van der Waals surface area contributed by atoms with Crippen molar-refractivity contribution in [2.75, 3.05) is 0 Å². The maximum atomic E-state index is 12.4. The van der Waals surface area contributed by atoms with Crippen LogP contribution in [0.2, 0.25) is 0 Å². The molecular weight excluding hydrogens is 324 g/mol. The van der Waals surface area contributed by atoms with Gasteiger partial charge in [0.2, 0.25) is 0 Å². The van der Waals surface area contributed by atoms with Gasteiger partial charge in [0.05, 0.1) is 5.41 Å². The maximum absolute atomic E-state index is 12.4. The van der Waals surface area contributed by atoms with Gasteiger partial charge in [0, 0.05) is 11.8 Å². The lowest BCUT2D eigenvalue weighted by atomic mass is 9.61. The summed E-state index contributed by atoms with van der Waals surface area (Å²) in [5.41, 5.74) is 3.73. The standard InChI is InChI=1S/C23H30O3/c1-22(2,3)21(25)26-20-10-9-19-18-7-5-14-13-15(24)6-8-16(14)17(18)11-12-23(19,20)4/h5,7,13,16-17,20H,6,8-12H2,1-4H3/t16-,17+,20-,23-/m0/s1. The van der Waals surface area contributed by atoms with E-state index >= 15 is 0 Å². The number of hydrogen-bond donors (Lipinski definition) is 0. The lowest BCUT2D eigenvalue weighted by Gasteiger charge is -2.45. The number of rotatable bonds is 1. The molecule has 4 aliphatic carbocycles. The second-order valence-electron chi connectivity index (χ2n) is 9.77. The van der Waals surface area contributed by atoms with Gasteiger partial charge in [-0.05, 0) is 81.9 Å². The van der Waals surface area contributed by atoms with Gasteiger partial charge in [-0.3, -0.25) is 9.59 Å². The average molecular weight is 354 g/mol. The van der Waals surface area contributed by atoms with E-state index < -0.39 is 5.41 Å². The summed E-state index contributed by atoms with van der Waals surface area (Å²) in [4.78, 5) is 24.2. The lowest BCUT2D eigenvalue weighted by molar-refractivity contribution is -0.163. The first-order valence-electron chi connectivity index (χ1n) is 10.1. The van der Waals surface area contributed by atoms with Gasteiger partial charge in [-0.2, -0.15) is 0 Å². The molecule has 0 amide bonds. The molecule has 0 heterocycles. The third-order valence-corrected chi connectivity index (χ3v) is 7.04. The zero-order valence-electron chi connectivity index (χ0n) is 16.4. The third kappa shape index (κ3) is 2.71. The predicted octanol–water partition coefficient (Wildman–Crippen LogP) is 4.93. The summed E-state index contributed by atoms with van der Waals surface area (Å²) in [6, 6.07) is 0. The van der Waals surface area contributed by atoms with E-state index in [1.165, 1.54) is 16.7 Å². The lowest BCUT2D eigenvalue weighted by Crippen LogP contribution is -2.40. The van der Waals surface area contributed by atoms with Crippen LogP contribution >= 0.6 is 0 Å². The van der Waals surface area contributed by atoms with Gasteiger partial charge in [-0.25, -0.2) is 0 Å². The Kier molecular flexibility index (Phi) is 4.05. The molecule has 0 aromatic carbocycles. The van der Waals surface area contributed by atoms with Crippen LogP contribution in [-0.2, 0) is 14.3 Å². The van der Waals surface area contributed by atoms with Gasteiger partial charge in [-0.1, -0.05) is 24.6 Å². The molecule has 3 nitrogen and oxygen atoms in total. The highest BCUT2D eigenvalue weighted by atomic mass is 16.5. The summed E-state index contributed by atoms with van der Waals surface area (Å²) in [6.07, 6.45) is 12.1. The SMILES string of the molecule is CC(C)(C)C(=O)O[C@H]1CCC2=C3C=CC4=CC(=O)CC[C@@H]4[C@H]3CC[C@@]21C. The summed E-state index contributed by atoms with van der Waals surface area (Å²) >= 11 is 0. The van der Waals surface area contributed by atoms with Crippen LogP contribution in [0.1, 0.15) is 66.2 Å². The number of allylic oxidation sites excluding steroid dienone is 5. The molecule has 26 heavy (non-hydrogen) atoms. The van der Waals surface area contributed by atoms with Gasteiger partial charge in [0.15, 0.2) is 5.78 Å². The van der Waals surface area contributed by atoms with Crippen LogP contribution in [0, 0.1) is 22.7 Å². The molecule has 0 aliphatic heterocycles. The third-order valence-electron chi connectivity index (χ3n) is 7.04. The predicted molar refractivity (Wildman–Crippen MR) is 101 cm³/mol. The number of carbonyl (C=O) groups excluding carboxylic acids is 2. The van der Waals surface area contributed by atoms with Gasteiger partial charge < -0.3 is 4.74 Å². The first-order valence-corrected chi connectivity index (χ1v) is 10.1. The summed E-state index contributed by atoms with van der Waals surface area (Å²) in [6.45, 7) is 8.06. The van der Waals surface area contributed by atoms with E-state index in [-0.39, 0.29) is 23.3 Å². The molecule has 0 unspecified atom stereocenters. The Bertz CT molecular complexity index is 746. The Morgan fingerprint density at radius 1 is 1.12 bits per heavy atom. The molecule has 0 aromatic heterocycles. The van der Waals surface area contributed by atoms with E-state index in [1.807, 2.05) is 26.8 Å². The fraction of sp³-hybridized carbons (Fsp3) is 0.652. The van der Waals surface area contributed by atoms with Crippen molar-refractivity contribution in [2.45, 2.75) is 72.3 Å². The van der Waals surface area contributed by atoms with Crippen molar-refractivity contribution < 1.29 is 14.3 Å². The average Bonchev–Trinajstić information content (AvgIpc) is 2.90. The summed E-state index contributed by atoms with van der Waals surface area (Å²) in [5, 5.41) is 0. The molecule has 0 aromatic rings. The molecule has 0 saturated heterocycles. The number of ketones is 1. The van der Waals surface area contributed by atoms with E-state index in [9.17, 15) is 9.59 Å². The topological polar surface area (TPSA) is 43.4 Å². The van der Waals surface area contributed by atoms with E-state index in [1.54, 1.807) is 0 Å². The molecule has 4 rings (SSSR count). The number of hydrogen-bond acceptors (Lipinski definition) is 3. The van der Waals surface area contributed by atoms with E-state index in [0.717, 1.165) is 32.1 Å². The van der Waals surface area contributed by atoms with Gasteiger partial charge in [0.25, 0.3) is 0 Å². The molecule has 4 atom stereocenters. The largest absolute Gasteiger partial charge is 0.461 e. The number of carbonyl (C=O) groups is 2. The number of ether oxygens (including phenoxy) is 1. The number of esters is 1. The number of fused-ring (bicyclic) bond motifs is 4. The molecule has 0 radical (unpaired) electrons. The monoisotopic (exact) mass is 354 g/mol. The minimum atomic E-state index is -0.456. The second-order valence-corrected chi connectivity index (χ2v) is 9.77. The maximum Gasteiger partial charge on any atom is 0.311 e. The highest BCUT2D eigenvalue weighted by molar-refractivity contribution is 5.92. The van der Waals surface area contributed by atoms with Crippen LogP contribution in [0.4, 0.5) is 0 Å². The molecular formula is C23H30O3. The second kappa shape index (κ2) is 5.94. The first-order chi connectivity index (χ1) is 12.2. The van der Waals surface area contributed by atoms with Crippen LogP contribution in [0.5, 0.6) is 0 Å². The summed E-state index contributed by atoms with van der Waals surface area (Å²) in [7, 11) is 0.